The number of aromatic nitrogens is 6. The van der Waals surface area contributed by atoms with Gasteiger partial charge in [0.2, 0.25) is 5.95 Å². The van der Waals surface area contributed by atoms with E-state index < -0.39 is 0 Å². The van der Waals surface area contributed by atoms with Crippen LogP contribution in [0.15, 0.2) is 79.6 Å². The second kappa shape index (κ2) is 8.87. The quantitative estimate of drug-likeness (QED) is 0.394. The number of benzene rings is 1. The van der Waals surface area contributed by atoms with Gasteiger partial charge in [-0.2, -0.15) is 10.2 Å². The van der Waals surface area contributed by atoms with Crippen LogP contribution >= 0.6 is 0 Å². The first-order chi connectivity index (χ1) is 17.1. The summed E-state index contributed by atoms with van der Waals surface area (Å²) in [6.45, 7) is 4.88. The van der Waals surface area contributed by atoms with Gasteiger partial charge in [-0.05, 0) is 24.1 Å². The van der Waals surface area contributed by atoms with Crippen LogP contribution in [-0.2, 0) is 13.5 Å². The molecule has 5 heterocycles. The van der Waals surface area contributed by atoms with Gasteiger partial charge in [0.15, 0.2) is 0 Å². The van der Waals surface area contributed by atoms with Crippen LogP contribution in [0.5, 0.6) is 0 Å². The molecule has 0 spiro atoms. The zero-order valence-electron chi connectivity index (χ0n) is 20.0. The van der Waals surface area contributed by atoms with Crippen molar-refractivity contribution in [2.45, 2.75) is 19.4 Å². The third-order valence-electron chi connectivity index (χ3n) is 6.70. The Balaban J connectivity index is 1.15. The minimum Gasteiger partial charge on any atom is -0.362 e. The van der Waals surface area contributed by atoms with E-state index in [1.807, 2.05) is 53.3 Å². The van der Waals surface area contributed by atoms with Crippen LogP contribution in [0.4, 0.5) is 11.6 Å². The number of anilines is 2. The van der Waals surface area contributed by atoms with E-state index in [0.717, 1.165) is 59.9 Å². The minimum absolute atomic E-state index is 0.308. The Labute approximate surface area is 204 Å². The first kappa shape index (κ1) is 21.3. The number of aryl methyl sites for hydroxylation is 1. The minimum atomic E-state index is 0.308. The third-order valence-corrected chi connectivity index (χ3v) is 6.70. The van der Waals surface area contributed by atoms with Crippen LogP contribution in [0.25, 0.3) is 16.6 Å². The number of hydrogen-bond donors (Lipinski definition) is 0. The van der Waals surface area contributed by atoms with Gasteiger partial charge in [-0.3, -0.25) is 4.68 Å². The van der Waals surface area contributed by atoms with E-state index >= 15 is 0 Å². The molecule has 1 fully saturated rings. The molecule has 1 saturated heterocycles. The molecule has 176 valence electrons. The summed E-state index contributed by atoms with van der Waals surface area (Å²) in [5, 5.41) is 8.93. The Hall–Kier alpha value is -4.20. The number of hydrogen-bond acceptors (Lipinski definition) is 6. The number of pyridine rings is 1. The summed E-state index contributed by atoms with van der Waals surface area (Å²) in [6.07, 6.45) is 12.7. The summed E-state index contributed by atoms with van der Waals surface area (Å²) < 4.78 is 3.78. The molecule has 8 heteroatoms. The van der Waals surface area contributed by atoms with E-state index in [9.17, 15) is 0 Å². The summed E-state index contributed by atoms with van der Waals surface area (Å²) in [7, 11) is 1.93. The molecule has 8 nitrogen and oxygen atoms in total. The number of fused-ring (bicyclic) bond motifs is 1. The van der Waals surface area contributed by atoms with Crippen molar-refractivity contribution in [2.24, 2.45) is 7.05 Å². The van der Waals surface area contributed by atoms with Gasteiger partial charge in [0.1, 0.15) is 0 Å². The maximum absolute atomic E-state index is 4.68. The zero-order valence-corrected chi connectivity index (χ0v) is 20.0. The van der Waals surface area contributed by atoms with Crippen LogP contribution in [0.3, 0.4) is 0 Å². The van der Waals surface area contributed by atoms with Gasteiger partial charge in [0, 0.05) is 75.1 Å². The maximum atomic E-state index is 4.68. The first-order valence-electron chi connectivity index (χ1n) is 12.0. The molecule has 0 aliphatic carbocycles. The smallest absolute Gasteiger partial charge is 0.225 e. The monoisotopic (exact) mass is 464 g/mol. The van der Waals surface area contributed by atoms with Gasteiger partial charge in [0.25, 0.3) is 0 Å². The second-order valence-electron chi connectivity index (χ2n) is 9.22. The van der Waals surface area contributed by atoms with Crippen molar-refractivity contribution in [3.05, 3.63) is 90.8 Å². The molecule has 0 N–H and O–H groups in total. The fourth-order valence-corrected chi connectivity index (χ4v) is 4.86. The van der Waals surface area contributed by atoms with Crippen LogP contribution in [-0.4, -0.2) is 55.0 Å². The highest BCUT2D eigenvalue weighted by Crippen LogP contribution is 2.29. The van der Waals surface area contributed by atoms with E-state index in [1.165, 1.54) is 5.56 Å². The number of rotatable bonds is 5. The Morgan fingerprint density at radius 2 is 1.66 bits per heavy atom. The first-order valence-corrected chi connectivity index (χ1v) is 12.0. The standard InChI is InChI=1S/C27H28N8/c1-20-17-33(27-28-13-22(14-29-27)12-21-6-4-3-5-7-21)10-11-34(20)26-16-31-35-19-23(8-9-25(26)35)24-15-30-32(2)18-24/h3-9,13-16,18-20H,10-12,17H2,1-2H3. The molecule has 1 unspecified atom stereocenters. The van der Waals surface area contributed by atoms with Crippen molar-refractivity contribution < 1.29 is 0 Å². The lowest BCUT2D eigenvalue weighted by molar-refractivity contribution is 0.544. The van der Waals surface area contributed by atoms with E-state index in [4.69, 9.17) is 0 Å². The Morgan fingerprint density at radius 3 is 2.40 bits per heavy atom. The van der Waals surface area contributed by atoms with Gasteiger partial charge in [-0.1, -0.05) is 36.4 Å². The predicted molar refractivity (Wildman–Crippen MR) is 138 cm³/mol. The second-order valence-corrected chi connectivity index (χ2v) is 9.22. The predicted octanol–water partition coefficient (Wildman–Crippen LogP) is 3.83. The van der Waals surface area contributed by atoms with Gasteiger partial charge in [-0.15, -0.1) is 0 Å². The van der Waals surface area contributed by atoms with Crippen LogP contribution in [0.2, 0.25) is 0 Å². The number of nitrogens with zero attached hydrogens (tertiary/aromatic N) is 8. The highest BCUT2D eigenvalue weighted by molar-refractivity contribution is 5.76. The average molecular weight is 465 g/mol. The molecule has 1 atom stereocenters. The van der Waals surface area contributed by atoms with Crippen LogP contribution < -0.4 is 9.80 Å². The lowest BCUT2D eigenvalue weighted by Gasteiger charge is -2.40. The molecular formula is C27H28N8. The van der Waals surface area contributed by atoms with E-state index in [-0.39, 0.29) is 0 Å². The highest BCUT2D eigenvalue weighted by Gasteiger charge is 2.27. The normalized spacial score (nSPS) is 16.2. The van der Waals surface area contributed by atoms with E-state index in [0.29, 0.717) is 6.04 Å². The summed E-state index contributed by atoms with van der Waals surface area (Å²) >= 11 is 0. The van der Waals surface area contributed by atoms with Crippen LogP contribution in [0, 0.1) is 0 Å². The lowest BCUT2D eigenvalue weighted by atomic mass is 10.1. The van der Waals surface area contributed by atoms with Crippen molar-refractivity contribution in [1.82, 2.24) is 29.4 Å². The fraction of sp³-hybridized carbons (Fsp3) is 0.259. The van der Waals surface area contributed by atoms with Gasteiger partial charge in [0.05, 0.1) is 23.6 Å². The summed E-state index contributed by atoms with van der Waals surface area (Å²) in [4.78, 5) is 14.1. The highest BCUT2D eigenvalue weighted by atomic mass is 15.3. The van der Waals surface area contributed by atoms with Gasteiger partial charge in [-0.25, -0.2) is 14.5 Å². The largest absolute Gasteiger partial charge is 0.362 e. The molecule has 1 aromatic carbocycles. The molecular weight excluding hydrogens is 436 g/mol. The molecule has 35 heavy (non-hydrogen) atoms. The molecule has 5 aromatic rings. The average Bonchev–Trinajstić information content (AvgIpc) is 3.51. The van der Waals surface area contributed by atoms with Crippen molar-refractivity contribution in [3.8, 4) is 11.1 Å². The topological polar surface area (TPSA) is 67.4 Å². The lowest BCUT2D eigenvalue weighted by Crippen LogP contribution is -2.52. The Bertz CT molecular complexity index is 1440. The third kappa shape index (κ3) is 4.23. The van der Waals surface area contributed by atoms with Gasteiger partial charge >= 0.3 is 0 Å². The molecule has 0 amide bonds. The van der Waals surface area contributed by atoms with Gasteiger partial charge < -0.3 is 9.80 Å². The molecule has 0 saturated carbocycles. The van der Waals surface area contributed by atoms with E-state index in [2.05, 4.69) is 79.5 Å². The Kier molecular flexibility index (Phi) is 5.41. The molecule has 0 radical (unpaired) electrons. The van der Waals surface area contributed by atoms with Crippen molar-refractivity contribution in [1.29, 1.82) is 0 Å². The molecule has 1 aliphatic heterocycles. The Morgan fingerprint density at radius 1 is 0.829 bits per heavy atom. The molecule has 1 aliphatic rings. The summed E-state index contributed by atoms with van der Waals surface area (Å²) in [5.74, 6) is 0.800. The maximum Gasteiger partial charge on any atom is 0.225 e. The zero-order chi connectivity index (χ0) is 23.8. The summed E-state index contributed by atoms with van der Waals surface area (Å²) in [5.41, 5.74) is 6.86. The SMILES string of the molecule is CC1CN(c2ncc(Cc3ccccc3)cn2)CCN1c1cnn2cc(-c3cnn(C)c3)ccc12. The fourth-order valence-electron chi connectivity index (χ4n) is 4.86. The van der Waals surface area contributed by atoms with Crippen molar-refractivity contribution >= 4 is 17.2 Å². The molecule has 4 aromatic heterocycles. The van der Waals surface area contributed by atoms with Crippen molar-refractivity contribution in [3.63, 3.8) is 0 Å². The van der Waals surface area contributed by atoms with Crippen molar-refractivity contribution in [2.75, 3.05) is 29.4 Å². The molecule has 6 rings (SSSR count). The van der Waals surface area contributed by atoms with E-state index in [1.54, 1.807) is 0 Å². The molecule has 0 bridgehead atoms. The summed E-state index contributed by atoms with van der Waals surface area (Å²) in [6, 6.07) is 15.0. The van der Waals surface area contributed by atoms with Crippen LogP contribution in [0.1, 0.15) is 18.1 Å². The number of piperazine rings is 1.